The number of hydrogen-bond donors (Lipinski definition) is 0. The van der Waals surface area contributed by atoms with E-state index in [0.29, 0.717) is 12.3 Å². The number of nitrogens with zero attached hydrogens (tertiary/aromatic N) is 6. The minimum Gasteiger partial charge on any atom is -0.352 e. The van der Waals surface area contributed by atoms with Crippen molar-refractivity contribution >= 4 is 22.8 Å². The van der Waals surface area contributed by atoms with Crippen LogP contribution in [0.2, 0.25) is 0 Å². The largest absolute Gasteiger partial charge is 0.352 e. The van der Waals surface area contributed by atoms with Gasteiger partial charge in [0, 0.05) is 39.6 Å². The van der Waals surface area contributed by atoms with E-state index in [1.165, 1.54) is 0 Å². The van der Waals surface area contributed by atoms with Gasteiger partial charge in [-0.25, -0.2) is 9.97 Å². The summed E-state index contributed by atoms with van der Waals surface area (Å²) in [6, 6.07) is 0. The van der Waals surface area contributed by atoms with E-state index >= 15 is 0 Å². The summed E-state index contributed by atoms with van der Waals surface area (Å²) in [6.45, 7) is 3.10. The summed E-state index contributed by atoms with van der Waals surface area (Å²) in [5.41, 5.74) is 0.839. The number of aryl methyl sites for hydroxylation is 1. The Morgan fingerprint density at radius 2 is 2.08 bits per heavy atom. The van der Waals surface area contributed by atoms with Gasteiger partial charge in [-0.1, -0.05) is 12.2 Å². The Kier molecular flexibility index (Phi) is 3.92. The van der Waals surface area contributed by atoms with Crippen LogP contribution in [0.25, 0.3) is 11.0 Å². The molecule has 24 heavy (non-hydrogen) atoms. The highest BCUT2D eigenvalue weighted by Crippen LogP contribution is 2.24. The van der Waals surface area contributed by atoms with Gasteiger partial charge in [0.2, 0.25) is 5.91 Å². The highest BCUT2D eigenvalue weighted by atomic mass is 16.2. The predicted octanol–water partition coefficient (Wildman–Crippen LogP) is 1.37. The number of carbonyl (C=O) groups is 1. The first-order valence-corrected chi connectivity index (χ1v) is 8.54. The monoisotopic (exact) mass is 326 g/mol. The molecular formula is C17H22N6O. The lowest BCUT2D eigenvalue weighted by molar-refractivity contribution is -0.132. The van der Waals surface area contributed by atoms with Gasteiger partial charge in [0.05, 0.1) is 11.6 Å². The first-order chi connectivity index (χ1) is 11.7. The summed E-state index contributed by atoms with van der Waals surface area (Å²) in [5, 5.41) is 5.24. The Bertz CT molecular complexity index is 774. The summed E-state index contributed by atoms with van der Waals surface area (Å²) in [6.07, 6.45) is 10.7. The third-order valence-corrected chi connectivity index (χ3v) is 4.99. The van der Waals surface area contributed by atoms with E-state index in [2.05, 4.69) is 32.1 Å². The van der Waals surface area contributed by atoms with Gasteiger partial charge in [-0.2, -0.15) is 5.10 Å². The maximum absolute atomic E-state index is 12.4. The van der Waals surface area contributed by atoms with Gasteiger partial charge in [-0.15, -0.1) is 0 Å². The Morgan fingerprint density at radius 3 is 2.83 bits per heavy atom. The van der Waals surface area contributed by atoms with Crippen LogP contribution in [0, 0.1) is 5.92 Å². The lowest BCUT2D eigenvalue weighted by Gasteiger charge is -2.36. The normalized spacial score (nSPS) is 21.0. The summed E-state index contributed by atoms with van der Waals surface area (Å²) in [7, 11) is 1.88. The van der Waals surface area contributed by atoms with Crippen LogP contribution < -0.4 is 4.90 Å². The number of aromatic nitrogens is 4. The lowest BCUT2D eigenvalue weighted by atomic mass is 10.0. The second-order valence-corrected chi connectivity index (χ2v) is 6.54. The molecule has 3 heterocycles. The molecule has 1 aliphatic heterocycles. The highest BCUT2D eigenvalue weighted by molar-refractivity contribution is 5.86. The molecule has 1 amide bonds. The first-order valence-electron chi connectivity index (χ1n) is 8.54. The van der Waals surface area contributed by atoms with Crippen LogP contribution in [-0.2, 0) is 11.8 Å². The van der Waals surface area contributed by atoms with E-state index in [9.17, 15) is 4.79 Å². The third kappa shape index (κ3) is 2.74. The van der Waals surface area contributed by atoms with Crippen LogP contribution in [0.15, 0.2) is 24.7 Å². The molecule has 4 rings (SSSR count). The van der Waals surface area contributed by atoms with Gasteiger partial charge < -0.3 is 9.80 Å². The highest BCUT2D eigenvalue weighted by Gasteiger charge is 2.25. The molecule has 0 saturated carbocycles. The molecule has 1 fully saturated rings. The zero-order valence-corrected chi connectivity index (χ0v) is 13.9. The van der Waals surface area contributed by atoms with Crippen LogP contribution in [0.4, 0.5) is 5.82 Å². The van der Waals surface area contributed by atoms with Crippen molar-refractivity contribution in [1.82, 2.24) is 24.6 Å². The van der Waals surface area contributed by atoms with Gasteiger partial charge in [-0.3, -0.25) is 9.48 Å². The number of piperazine rings is 1. The zero-order valence-electron chi connectivity index (χ0n) is 13.9. The number of anilines is 1. The Labute approximate surface area is 141 Å². The fourth-order valence-corrected chi connectivity index (χ4v) is 3.59. The number of carbonyl (C=O) groups excluding carboxylic acids is 1. The topological polar surface area (TPSA) is 67.2 Å². The van der Waals surface area contributed by atoms with E-state index in [4.69, 9.17) is 0 Å². The average Bonchev–Trinajstić information content (AvgIpc) is 3.25. The van der Waals surface area contributed by atoms with Crippen LogP contribution >= 0.6 is 0 Å². The van der Waals surface area contributed by atoms with Crippen molar-refractivity contribution in [1.29, 1.82) is 0 Å². The van der Waals surface area contributed by atoms with E-state index in [-0.39, 0.29) is 5.91 Å². The van der Waals surface area contributed by atoms with E-state index in [0.717, 1.165) is 55.9 Å². The SMILES string of the molecule is Cn1ncc2c(N3CCN(C(=O)CC4C=CCC4)CC3)ncnc21. The molecule has 0 radical (unpaired) electrons. The zero-order chi connectivity index (χ0) is 16.5. The number of amides is 1. The van der Waals surface area contributed by atoms with Crippen molar-refractivity contribution in [2.75, 3.05) is 31.1 Å². The summed E-state index contributed by atoms with van der Waals surface area (Å²) >= 11 is 0. The van der Waals surface area contributed by atoms with Crippen LogP contribution in [0.1, 0.15) is 19.3 Å². The average molecular weight is 326 g/mol. The number of fused-ring (bicyclic) bond motifs is 1. The van der Waals surface area contributed by atoms with Crippen molar-refractivity contribution in [3.05, 3.63) is 24.7 Å². The van der Waals surface area contributed by atoms with E-state index in [1.807, 2.05) is 18.1 Å². The van der Waals surface area contributed by atoms with Gasteiger partial charge in [0.25, 0.3) is 0 Å². The van der Waals surface area contributed by atoms with E-state index < -0.39 is 0 Å². The second-order valence-electron chi connectivity index (χ2n) is 6.54. The maximum atomic E-state index is 12.4. The van der Waals surface area contributed by atoms with E-state index in [1.54, 1.807) is 11.0 Å². The fraction of sp³-hybridized carbons (Fsp3) is 0.529. The Balaban J connectivity index is 1.42. The third-order valence-electron chi connectivity index (χ3n) is 4.99. The summed E-state index contributed by atoms with van der Waals surface area (Å²) in [4.78, 5) is 25.4. The standard InChI is InChI=1S/C17H22N6O/c1-21-16-14(11-20-21)17(19-12-18-16)23-8-6-22(7-9-23)15(24)10-13-4-2-3-5-13/h2,4,11-13H,3,5-10H2,1H3. The Morgan fingerprint density at radius 1 is 1.25 bits per heavy atom. The quantitative estimate of drug-likeness (QED) is 0.797. The van der Waals surface area contributed by atoms with Crippen molar-refractivity contribution < 1.29 is 4.79 Å². The summed E-state index contributed by atoms with van der Waals surface area (Å²) < 4.78 is 1.76. The van der Waals surface area contributed by atoms with Crippen LogP contribution in [0.3, 0.4) is 0 Å². The molecule has 2 aromatic rings. The second kappa shape index (κ2) is 6.22. The smallest absolute Gasteiger partial charge is 0.223 e. The lowest BCUT2D eigenvalue weighted by Crippen LogP contribution is -2.49. The fourth-order valence-electron chi connectivity index (χ4n) is 3.59. The molecule has 7 heteroatoms. The van der Waals surface area contributed by atoms with Gasteiger partial charge >= 0.3 is 0 Å². The van der Waals surface area contributed by atoms with Gasteiger partial charge in [0.15, 0.2) is 5.65 Å². The van der Waals surface area contributed by atoms with Crippen molar-refractivity contribution in [2.24, 2.45) is 13.0 Å². The molecule has 0 aromatic carbocycles. The Hall–Kier alpha value is -2.44. The molecule has 126 valence electrons. The molecule has 1 atom stereocenters. The minimum absolute atomic E-state index is 0.278. The summed E-state index contributed by atoms with van der Waals surface area (Å²) in [5.74, 6) is 1.63. The minimum atomic E-state index is 0.278. The molecule has 1 unspecified atom stereocenters. The van der Waals surface area contributed by atoms with Crippen molar-refractivity contribution in [2.45, 2.75) is 19.3 Å². The van der Waals surface area contributed by atoms with Crippen molar-refractivity contribution in [3.8, 4) is 0 Å². The first kappa shape index (κ1) is 15.1. The molecule has 7 nitrogen and oxygen atoms in total. The predicted molar refractivity (Wildman–Crippen MR) is 91.6 cm³/mol. The molecular weight excluding hydrogens is 304 g/mol. The maximum Gasteiger partial charge on any atom is 0.223 e. The van der Waals surface area contributed by atoms with Crippen LogP contribution in [-0.4, -0.2) is 56.7 Å². The molecule has 0 bridgehead atoms. The van der Waals surface area contributed by atoms with Crippen LogP contribution in [0.5, 0.6) is 0 Å². The molecule has 0 N–H and O–H groups in total. The number of allylic oxidation sites excluding steroid dienone is 2. The molecule has 2 aliphatic rings. The molecule has 1 saturated heterocycles. The van der Waals surface area contributed by atoms with Gasteiger partial charge in [-0.05, 0) is 18.8 Å². The number of hydrogen-bond acceptors (Lipinski definition) is 5. The number of rotatable bonds is 3. The molecule has 2 aromatic heterocycles. The molecule has 1 aliphatic carbocycles. The molecule has 0 spiro atoms. The van der Waals surface area contributed by atoms with Gasteiger partial charge in [0.1, 0.15) is 12.1 Å². The van der Waals surface area contributed by atoms with Crippen molar-refractivity contribution in [3.63, 3.8) is 0 Å².